The quantitative estimate of drug-likeness (QED) is 0.890. The van der Waals surface area contributed by atoms with E-state index in [2.05, 4.69) is 0 Å². The Kier molecular flexibility index (Phi) is 5.06. The number of halogens is 2. The van der Waals surface area contributed by atoms with Gasteiger partial charge in [-0.05, 0) is 30.4 Å². The number of benzene rings is 1. The van der Waals surface area contributed by atoms with Gasteiger partial charge in [0, 0.05) is 13.1 Å². The van der Waals surface area contributed by atoms with Crippen molar-refractivity contribution in [1.29, 1.82) is 0 Å². The fourth-order valence-electron chi connectivity index (χ4n) is 2.87. The van der Waals surface area contributed by atoms with E-state index in [1.54, 1.807) is 0 Å². The fraction of sp³-hybridized carbons (Fsp3) is 0.500. The average molecular weight is 366 g/mol. The molecule has 22 heavy (non-hydrogen) atoms. The Morgan fingerprint density at radius 1 is 1.23 bits per heavy atom. The van der Waals surface area contributed by atoms with E-state index in [0.717, 1.165) is 6.42 Å². The van der Waals surface area contributed by atoms with Crippen LogP contribution in [0.3, 0.4) is 0 Å². The topological polar surface area (TPSA) is 74.7 Å². The first-order valence-corrected chi connectivity index (χ1v) is 9.05. The molecule has 0 aromatic heterocycles. The maximum atomic E-state index is 12.8. The third-order valence-electron chi connectivity index (χ3n) is 3.72. The Hall–Kier alpha value is -0.820. The van der Waals surface area contributed by atoms with E-state index in [9.17, 15) is 13.2 Å². The summed E-state index contributed by atoms with van der Waals surface area (Å²) in [7, 11) is -3.85. The molecule has 1 aromatic rings. The summed E-state index contributed by atoms with van der Waals surface area (Å²) in [5.74, 6) is -0.875. The maximum Gasteiger partial charge on any atom is 0.338 e. The van der Waals surface area contributed by atoms with E-state index in [1.165, 1.54) is 16.4 Å². The van der Waals surface area contributed by atoms with E-state index in [4.69, 9.17) is 28.3 Å². The molecular weight excluding hydrogens is 349 g/mol. The molecule has 1 N–H and O–H groups in total. The molecule has 1 aliphatic heterocycles. The second kappa shape index (κ2) is 6.35. The van der Waals surface area contributed by atoms with Crippen LogP contribution in [0.5, 0.6) is 0 Å². The number of piperidine rings is 1. The first-order valence-electron chi connectivity index (χ1n) is 6.86. The molecule has 1 saturated heterocycles. The van der Waals surface area contributed by atoms with Crippen LogP contribution in [-0.4, -0.2) is 36.9 Å². The van der Waals surface area contributed by atoms with Gasteiger partial charge in [-0.25, -0.2) is 13.2 Å². The first kappa shape index (κ1) is 17.5. The number of carboxylic acid groups (broad SMARTS) is 1. The van der Waals surface area contributed by atoms with Gasteiger partial charge >= 0.3 is 5.97 Å². The molecule has 8 heteroatoms. The van der Waals surface area contributed by atoms with Crippen LogP contribution in [0, 0.1) is 11.8 Å². The number of carboxylic acids is 1. The van der Waals surface area contributed by atoms with E-state index in [-0.39, 0.29) is 32.3 Å². The minimum atomic E-state index is -3.85. The standard InChI is InChI=1S/C14H17Cl2NO4S/c1-8-5-9(2)7-17(6-8)22(20,21)11-4-3-10(15)12(13(11)16)14(18)19/h3-4,8-9H,5-7H2,1-2H3,(H,18,19). The van der Waals surface area contributed by atoms with Gasteiger partial charge in [0.05, 0.1) is 15.6 Å². The van der Waals surface area contributed by atoms with Crippen LogP contribution in [0.2, 0.25) is 10.0 Å². The van der Waals surface area contributed by atoms with E-state index >= 15 is 0 Å². The van der Waals surface area contributed by atoms with Gasteiger partial charge in [-0.2, -0.15) is 4.31 Å². The number of rotatable bonds is 3. The van der Waals surface area contributed by atoms with Crippen molar-refractivity contribution in [2.24, 2.45) is 11.8 Å². The number of carbonyl (C=O) groups is 1. The Morgan fingerprint density at radius 3 is 2.27 bits per heavy atom. The highest BCUT2D eigenvalue weighted by atomic mass is 35.5. The predicted molar refractivity (Wildman–Crippen MR) is 85.1 cm³/mol. The Labute approximate surface area is 139 Å². The summed E-state index contributed by atoms with van der Waals surface area (Å²) < 4.78 is 26.9. The number of nitrogens with zero attached hydrogens (tertiary/aromatic N) is 1. The molecule has 1 aliphatic rings. The molecule has 0 bridgehead atoms. The Balaban J connectivity index is 2.50. The minimum absolute atomic E-state index is 0.0863. The lowest BCUT2D eigenvalue weighted by molar-refractivity contribution is 0.0697. The highest BCUT2D eigenvalue weighted by molar-refractivity contribution is 7.89. The molecular formula is C14H17Cl2NO4S. The predicted octanol–water partition coefficient (Wildman–Crippen LogP) is 3.36. The van der Waals surface area contributed by atoms with Crippen LogP contribution in [-0.2, 0) is 10.0 Å². The van der Waals surface area contributed by atoms with Crippen LogP contribution >= 0.6 is 23.2 Å². The van der Waals surface area contributed by atoms with Crippen molar-refractivity contribution in [3.8, 4) is 0 Å². The zero-order valence-corrected chi connectivity index (χ0v) is 14.5. The minimum Gasteiger partial charge on any atom is -0.478 e. The molecule has 0 spiro atoms. The summed E-state index contributed by atoms with van der Waals surface area (Å²) in [6.45, 7) is 4.77. The smallest absolute Gasteiger partial charge is 0.338 e. The molecule has 1 fully saturated rings. The average Bonchev–Trinajstić information content (AvgIpc) is 2.36. The van der Waals surface area contributed by atoms with Crippen molar-refractivity contribution in [2.45, 2.75) is 25.2 Å². The fourth-order valence-corrected chi connectivity index (χ4v) is 5.44. The highest BCUT2D eigenvalue weighted by Gasteiger charge is 2.34. The summed E-state index contributed by atoms with van der Waals surface area (Å²) in [4.78, 5) is 11.0. The molecule has 2 unspecified atom stereocenters. The zero-order chi connectivity index (χ0) is 16.7. The van der Waals surface area contributed by atoms with E-state index in [0.29, 0.717) is 13.1 Å². The van der Waals surface area contributed by atoms with Crippen molar-refractivity contribution >= 4 is 39.2 Å². The number of hydrogen-bond donors (Lipinski definition) is 1. The summed E-state index contributed by atoms with van der Waals surface area (Å²) in [6.07, 6.45) is 0.959. The molecule has 0 aliphatic carbocycles. The normalized spacial score (nSPS) is 23.5. The Morgan fingerprint density at radius 2 is 1.77 bits per heavy atom. The lowest BCUT2D eigenvalue weighted by atomic mass is 9.94. The van der Waals surface area contributed by atoms with Crippen molar-refractivity contribution in [3.05, 3.63) is 27.7 Å². The third kappa shape index (κ3) is 3.25. The van der Waals surface area contributed by atoms with Crippen molar-refractivity contribution in [1.82, 2.24) is 4.31 Å². The van der Waals surface area contributed by atoms with Crippen LogP contribution in [0.1, 0.15) is 30.6 Å². The maximum absolute atomic E-state index is 12.8. The zero-order valence-electron chi connectivity index (χ0n) is 12.2. The molecule has 0 saturated carbocycles. The summed E-state index contributed by atoms with van der Waals surface area (Å²) in [5, 5.41) is 8.73. The second-order valence-corrected chi connectivity index (χ2v) is 8.50. The monoisotopic (exact) mass is 365 g/mol. The van der Waals surface area contributed by atoms with Gasteiger partial charge in [-0.1, -0.05) is 37.0 Å². The van der Waals surface area contributed by atoms with Crippen LogP contribution in [0.25, 0.3) is 0 Å². The number of hydrogen-bond acceptors (Lipinski definition) is 3. The summed E-state index contributed by atoms with van der Waals surface area (Å²) >= 11 is 11.8. The van der Waals surface area contributed by atoms with Gasteiger partial charge in [0.1, 0.15) is 4.90 Å². The lowest BCUT2D eigenvalue weighted by Crippen LogP contribution is -2.42. The number of aromatic carboxylic acids is 1. The summed E-state index contributed by atoms with van der Waals surface area (Å²) in [6, 6.07) is 2.51. The number of sulfonamides is 1. The van der Waals surface area contributed by atoms with E-state index < -0.39 is 16.0 Å². The van der Waals surface area contributed by atoms with Crippen LogP contribution < -0.4 is 0 Å². The molecule has 2 atom stereocenters. The van der Waals surface area contributed by atoms with Crippen molar-refractivity contribution in [2.75, 3.05) is 13.1 Å². The van der Waals surface area contributed by atoms with E-state index in [1.807, 2.05) is 13.8 Å². The second-order valence-electron chi connectivity index (χ2n) is 5.81. The molecule has 0 amide bonds. The van der Waals surface area contributed by atoms with Gasteiger partial charge in [0.2, 0.25) is 10.0 Å². The lowest BCUT2D eigenvalue weighted by Gasteiger charge is -2.34. The van der Waals surface area contributed by atoms with Gasteiger partial charge in [-0.15, -0.1) is 0 Å². The molecule has 0 radical (unpaired) electrons. The van der Waals surface area contributed by atoms with Gasteiger partial charge in [-0.3, -0.25) is 0 Å². The van der Waals surface area contributed by atoms with Crippen molar-refractivity contribution < 1.29 is 18.3 Å². The van der Waals surface area contributed by atoms with Gasteiger partial charge in [0.15, 0.2) is 0 Å². The molecule has 1 aromatic carbocycles. The third-order valence-corrected chi connectivity index (χ3v) is 6.42. The van der Waals surface area contributed by atoms with Crippen LogP contribution in [0.15, 0.2) is 17.0 Å². The van der Waals surface area contributed by atoms with Gasteiger partial charge in [0.25, 0.3) is 0 Å². The highest BCUT2D eigenvalue weighted by Crippen LogP contribution is 2.34. The first-order chi connectivity index (χ1) is 10.1. The molecule has 1 heterocycles. The van der Waals surface area contributed by atoms with Crippen molar-refractivity contribution in [3.63, 3.8) is 0 Å². The summed E-state index contributed by atoms with van der Waals surface area (Å²) in [5.41, 5.74) is -0.387. The molecule has 122 valence electrons. The SMILES string of the molecule is CC1CC(C)CN(S(=O)(=O)c2ccc(Cl)c(C(=O)O)c2Cl)C1. The largest absolute Gasteiger partial charge is 0.478 e. The van der Waals surface area contributed by atoms with Crippen LogP contribution in [0.4, 0.5) is 0 Å². The molecule has 5 nitrogen and oxygen atoms in total. The molecule has 2 rings (SSSR count). The Bertz CT molecular complexity index is 695. The van der Waals surface area contributed by atoms with Gasteiger partial charge < -0.3 is 5.11 Å².